The van der Waals surface area contributed by atoms with Crippen molar-refractivity contribution < 1.29 is 4.74 Å². The SMILES string of the molecule is Cc1cc(C)c(C(N)C(C)(C)N2CCOCC2)cc1C. The lowest BCUT2D eigenvalue weighted by Gasteiger charge is -2.45. The number of benzene rings is 1. The molecule has 0 bridgehead atoms. The van der Waals surface area contributed by atoms with E-state index in [0.29, 0.717) is 0 Å². The van der Waals surface area contributed by atoms with Crippen molar-refractivity contribution in [3.63, 3.8) is 0 Å². The molecule has 1 aromatic carbocycles. The smallest absolute Gasteiger partial charge is 0.0594 e. The fraction of sp³-hybridized carbons (Fsp3) is 0.647. The van der Waals surface area contributed by atoms with Crippen molar-refractivity contribution in [1.29, 1.82) is 0 Å². The molecule has 0 spiro atoms. The minimum absolute atomic E-state index is 0.0138. The molecule has 1 heterocycles. The first-order chi connectivity index (χ1) is 9.34. The van der Waals surface area contributed by atoms with Crippen LogP contribution in [0.5, 0.6) is 0 Å². The summed E-state index contributed by atoms with van der Waals surface area (Å²) in [6, 6.07) is 4.53. The van der Waals surface area contributed by atoms with Gasteiger partial charge in [0.1, 0.15) is 0 Å². The molecule has 2 rings (SSSR count). The van der Waals surface area contributed by atoms with E-state index >= 15 is 0 Å². The van der Waals surface area contributed by atoms with Gasteiger partial charge in [-0.05, 0) is 56.9 Å². The average Bonchev–Trinajstić information content (AvgIpc) is 2.43. The van der Waals surface area contributed by atoms with Crippen LogP contribution in [0, 0.1) is 20.8 Å². The summed E-state index contributed by atoms with van der Waals surface area (Å²) >= 11 is 0. The Morgan fingerprint density at radius 2 is 1.60 bits per heavy atom. The zero-order valence-electron chi connectivity index (χ0n) is 13.5. The van der Waals surface area contributed by atoms with Crippen LogP contribution in [0.1, 0.15) is 42.1 Å². The van der Waals surface area contributed by atoms with E-state index in [-0.39, 0.29) is 11.6 Å². The Kier molecular flexibility index (Phi) is 4.52. The number of aryl methyl sites for hydroxylation is 3. The number of nitrogens with two attached hydrogens (primary N) is 1. The normalized spacial score (nSPS) is 19.1. The summed E-state index contributed by atoms with van der Waals surface area (Å²) in [5.74, 6) is 0. The molecule has 1 atom stereocenters. The van der Waals surface area contributed by atoms with Crippen LogP contribution in [0.3, 0.4) is 0 Å². The van der Waals surface area contributed by atoms with Gasteiger partial charge in [-0.25, -0.2) is 0 Å². The summed E-state index contributed by atoms with van der Waals surface area (Å²) < 4.78 is 5.46. The maximum Gasteiger partial charge on any atom is 0.0594 e. The molecule has 0 aromatic heterocycles. The zero-order valence-corrected chi connectivity index (χ0v) is 13.5. The van der Waals surface area contributed by atoms with Gasteiger partial charge in [-0.1, -0.05) is 12.1 Å². The first-order valence-corrected chi connectivity index (χ1v) is 7.50. The molecule has 3 heteroatoms. The Bertz CT molecular complexity index is 476. The van der Waals surface area contributed by atoms with Crippen LogP contribution in [-0.2, 0) is 4.74 Å². The largest absolute Gasteiger partial charge is 0.379 e. The Balaban J connectivity index is 2.29. The minimum Gasteiger partial charge on any atom is -0.379 e. The predicted molar refractivity (Wildman–Crippen MR) is 84.1 cm³/mol. The summed E-state index contributed by atoms with van der Waals surface area (Å²) in [6.45, 7) is 14.5. The van der Waals surface area contributed by atoms with Gasteiger partial charge in [0, 0.05) is 24.7 Å². The Hall–Kier alpha value is -0.900. The molecule has 2 N–H and O–H groups in total. The molecule has 1 aromatic rings. The van der Waals surface area contributed by atoms with Gasteiger partial charge >= 0.3 is 0 Å². The maximum absolute atomic E-state index is 6.64. The van der Waals surface area contributed by atoms with E-state index in [9.17, 15) is 0 Å². The highest BCUT2D eigenvalue weighted by Crippen LogP contribution is 2.32. The van der Waals surface area contributed by atoms with Crippen LogP contribution >= 0.6 is 0 Å². The first kappa shape index (κ1) is 15.5. The molecule has 0 radical (unpaired) electrons. The van der Waals surface area contributed by atoms with Crippen molar-refractivity contribution in [1.82, 2.24) is 4.90 Å². The van der Waals surface area contributed by atoms with E-state index in [1.807, 2.05) is 0 Å². The van der Waals surface area contributed by atoms with E-state index in [1.54, 1.807) is 0 Å². The Morgan fingerprint density at radius 3 is 2.20 bits per heavy atom. The molecule has 112 valence electrons. The molecular formula is C17H28N2O. The van der Waals surface area contributed by atoms with Crippen LogP contribution in [0.2, 0.25) is 0 Å². The molecule has 1 unspecified atom stereocenters. The van der Waals surface area contributed by atoms with E-state index in [0.717, 1.165) is 26.3 Å². The van der Waals surface area contributed by atoms with Crippen molar-refractivity contribution in [3.05, 3.63) is 34.4 Å². The maximum atomic E-state index is 6.64. The van der Waals surface area contributed by atoms with E-state index < -0.39 is 0 Å². The number of ether oxygens (including phenoxy) is 1. The van der Waals surface area contributed by atoms with Gasteiger partial charge in [0.05, 0.1) is 13.2 Å². The van der Waals surface area contributed by atoms with Crippen LogP contribution in [0.4, 0.5) is 0 Å². The second kappa shape index (κ2) is 5.84. The van der Waals surface area contributed by atoms with Gasteiger partial charge in [-0.2, -0.15) is 0 Å². The summed E-state index contributed by atoms with van der Waals surface area (Å²) in [6.07, 6.45) is 0. The number of morpholine rings is 1. The highest BCUT2D eigenvalue weighted by molar-refractivity contribution is 5.39. The van der Waals surface area contributed by atoms with Gasteiger partial charge in [0.2, 0.25) is 0 Å². The third-order valence-corrected chi connectivity index (χ3v) is 4.80. The summed E-state index contributed by atoms with van der Waals surface area (Å²) in [4.78, 5) is 2.45. The van der Waals surface area contributed by atoms with Crippen molar-refractivity contribution in [2.45, 2.75) is 46.2 Å². The Morgan fingerprint density at radius 1 is 1.05 bits per heavy atom. The topological polar surface area (TPSA) is 38.5 Å². The molecule has 0 amide bonds. The van der Waals surface area contributed by atoms with E-state index in [4.69, 9.17) is 10.5 Å². The summed E-state index contributed by atoms with van der Waals surface area (Å²) in [5, 5.41) is 0. The quantitative estimate of drug-likeness (QED) is 0.922. The molecule has 1 saturated heterocycles. The van der Waals surface area contributed by atoms with E-state index in [2.05, 4.69) is 51.7 Å². The van der Waals surface area contributed by atoms with Gasteiger partial charge in [-0.15, -0.1) is 0 Å². The van der Waals surface area contributed by atoms with Crippen LogP contribution < -0.4 is 5.73 Å². The second-order valence-corrected chi connectivity index (χ2v) is 6.52. The second-order valence-electron chi connectivity index (χ2n) is 6.52. The third kappa shape index (κ3) is 2.90. The fourth-order valence-electron chi connectivity index (χ4n) is 3.03. The minimum atomic E-state index is -0.0593. The number of rotatable bonds is 3. The van der Waals surface area contributed by atoms with Crippen LogP contribution in [0.25, 0.3) is 0 Å². The van der Waals surface area contributed by atoms with Crippen LogP contribution in [-0.4, -0.2) is 36.7 Å². The average molecular weight is 276 g/mol. The van der Waals surface area contributed by atoms with Gasteiger partial charge in [0.25, 0.3) is 0 Å². The fourth-order valence-corrected chi connectivity index (χ4v) is 3.03. The van der Waals surface area contributed by atoms with Crippen molar-refractivity contribution in [2.75, 3.05) is 26.3 Å². The van der Waals surface area contributed by atoms with E-state index in [1.165, 1.54) is 22.3 Å². The lowest BCUT2D eigenvalue weighted by molar-refractivity contribution is -0.0191. The lowest BCUT2D eigenvalue weighted by atomic mass is 9.84. The summed E-state index contributed by atoms with van der Waals surface area (Å²) in [5.41, 5.74) is 11.8. The molecule has 1 aliphatic rings. The van der Waals surface area contributed by atoms with Crippen molar-refractivity contribution in [2.24, 2.45) is 5.73 Å². The molecule has 1 fully saturated rings. The van der Waals surface area contributed by atoms with Gasteiger partial charge in [-0.3, -0.25) is 4.90 Å². The number of nitrogens with zero attached hydrogens (tertiary/aromatic N) is 1. The van der Waals surface area contributed by atoms with Gasteiger partial charge in [0.15, 0.2) is 0 Å². The highest BCUT2D eigenvalue weighted by Gasteiger charge is 2.35. The predicted octanol–water partition coefficient (Wildman–Crippen LogP) is 2.72. The molecule has 0 aliphatic carbocycles. The monoisotopic (exact) mass is 276 g/mol. The lowest BCUT2D eigenvalue weighted by Crippen LogP contribution is -2.55. The molecule has 20 heavy (non-hydrogen) atoms. The zero-order chi connectivity index (χ0) is 14.9. The molecule has 1 aliphatic heterocycles. The standard InChI is InChI=1S/C17H28N2O/c1-12-10-14(3)15(11-13(12)2)16(18)17(4,5)19-6-8-20-9-7-19/h10-11,16H,6-9,18H2,1-5H3. The van der Waals surface area contributed by atoms with Gasteiger partial charge < -0.3 is 10.5 Å². The highest BCUT2D eigenvalue weighted by atomic mass is 16.5. The van der Waals surface area contributed by atoms with Crippen molar-refractivity contribution in [3.8, 4) is 0 Å². The molecule has 0 saturated carbocycles. The summed E-state index contributed by atoms with van der Waals surface area (Å²) in [7, 11) is 0. The third-order valence-electron chi connectivity index (χ3n) is 4.80. The Labute approximate surface area is 123 Å². The number of hydrogen-bond donors (Lipinski definition) is 1. The molecular weight excluding hydrogens is 248 g/mol. The first-order valence-electron chi connectivity index (χ1n) is 7.50. The van der Waals surface area contributed by atoms with Crippen molar-refractivity contribution >= 4 is 0 Å². The molecule has 3 nitrogen and oxygen atoms in total. The number of hydrogen-bond acceptors (Lipinski definition) is 3. The van der Waals surface area contributed by atoms with Crippen LogP contribution in [0.15, 0.2) is 12.1 Å².